The van der Waals surface area contributed by atoms with Crippen molar-refractivity contribution >= 4 is 5.69 Å². The molecule has 0 fully saturated rings. The number of nitrogens with one attached hydrogen (secondary N) is 1. The first-order valence-electron chi connectivity index (χ1n) is 6.45. The maximum Gasteiger partial charge on any atom is 0.127 e. The number of anilines is 1. The summed E-state index contributed by atoms with van der Waals surface area (Å²) in [7, 11) is 0. The highest BCUT2D eigenvalue weighted by atomic mass is 16.5. The highest BCUT2D eigenvalue weighted by molar-refractivity contribution is 5.47. The zero-order valence-electron chi connectivity index (χ0n) is 11.2. The summed E-state index contributed by atoms with van der Waals surface area (Å²) in [5.41, 5.74) is 2.29. The maximum absolute atomic E-state index is 5.73. The largest absolute Gasteiger partial charge is 0.457 e. The number of rotatable bonds is 6. The first-order chi connectivity index (χ1) is 9.24. The molecular weight excluding hydrogens is 234 g/mol. The van der Waals surface area contributed by atoms with Crippen molar-refractivity contribution in [2.75, 3.05) is 11.9 Å². The minimum atomic E-state index is 0.844. The summed E-state index contributed by atoms with van der Waals surface area (Å²) in [4.78, 5) is 0. The third kappa shape index (κ3) is 4.51. The van der Waals surface area contributed by atoms with Crippen LogP contribution >= 0.6 is 0 Å². The molecule has 0 unspecified atom stereocenters. The van der Waals surface area contributed by atoms with Crippen molar-refractivity contribution in [3.05, 3.63) is 66.7 Å². The molecule has 98 valence electrons. The van der Waals surface area contributed by atoms with Crippen LogP contribution in [0.1, 0.15) is 13.3 Å². The van der Waals surface area contributed by atoms with Crippen LogP contribution in [-0.2, 0) is 0 Å². The van der Waals surface area contributed by atoms with E-state index in [4.69, 9.17) is 4.74 Å². The summed E-state index contributed by atoms with van der Waals surface area (Å²) in [6.45, 7) is 6.84. The molecule has 2 nitrogen and oxygen atoms in total. The topological polar surface area (TPSA) is 21.3 Å². The number of benzene rings is 2. The van der Waals surface area contributed by atoms with E-state index in [-0.39, 0.29) is 0 Å². The van der Waals surface area contributed by atoms with Gasteiger partial charge in [0.2, 0.25) is 0 Å². The molecule has 0 aliphatic rings. The Bertz CT molecular complexity index is 517. The lowest BCUT2D eigenvalue weighted by Gasteiger charge is -2.08. The highest BCUT2D eigenvalue weighted by Crippen LogP contribution is 2.22. The van der Waals surface area contributed by atoms with Gasteiger partial charge in [-0.2, -0.15) is 0 Å². The standard InChI is InChI=1S/C17H19NO/c1-14(2)12-13-18-15-8-10-17(11-9-15)19-16-6-4-3-5-7-16/h3-11,18H,1,12-13H2,2H3. The van der Waals surface area contributed by atoms with Crippen LogP contribution in [0.5, 0.6) is 11.5 Å². The predicted octanol–water partition coefficient (Wildman–Crippen LogP) is 4.86. The summed E-state index contributed by atoms with van der Waals surface area (Å²) in [5.74, 6) is 1.70. The van der Waals surface area contributed by atoms with E-state index in [1.54, 1.807) is 0 Å². The number of ether oxygens (including phenoxy) is 1. The molecule has 0 saturated heterocycles. The van der Waals surface area contributed by atoms with Crippen molar-refractivity contribution in [2.45, 2.75) is 13.3 Å². The van der Waals surface area contributed by atoms with Crippen LogP contribution in [-0.4, -0.2) is 6.54 Å². The monoisotopic (exact) mass is 253 g/mol. The van der Waals surface area contributed by atoms with Crippen molar-refractivity contribution in [1.29, 1.82) is 0 Å². The van der Waals surface area contributed by atoms with E-state index in [0.717, 1.165) is 30.2 Å². The molecule has 1 N–H and O–H groups in total. The fourth-order valence-corrected chi connectivity index (χ4v) is 1.69. The Morgan fingerprint density at radius 1 is 1.00 bits per heavy atom. The van der Waals surface area contributed by atoms with Gasteiger partial charge in [0.15, 0.2) is 0 Å². The molecule has 0 spiro atoms. The van der Waals surface area contributed by atoms with Gasteiger partial charge in [0.25, 0.3) is 0 Å². The van der Waals surface area contributed by atoms with Crippen molar-refractivity contribution in [3.8, 4) is 11.5 Å². The van der Waals surface area contributed by atoms with Crippen LogP contribution in [0.3, 0.4) is 0 Å². The second-order valence-electron chi connectivity index (χ2n) is 4.57. The zero-order valence-corrected chi connectivity index (χ0v) is 11.2. The van der Waals surface area contributed by atoms with Gasteiger partial charge in [0.1, 0.15) is 11.5 Å². The van der Waals surface area contributed by atoms with Gasteiger partial charge in [-0.3, -0.25) is 0 Å². The second kappa shape index (κ2) is 6.64. The molecule has 0 aromatic heterocycles. The summed E-state index contributed by atoms with van der Waals surface area (Å²) in [6, 6.07) is 17.8. The third-order valence-electron chi connectivity index (χ3n) is 2.71. The molecule has 0 saturated carbocycles. The van der Waals surface area contributed by atoms with E-state index < -0.39 is 0 Å². The number of hydrogen-bond donors (Lipinski definition) is 1. The van der Waals surface area contributed by atoms with E-state index in [9.17, 15) is 0 Å². The fourth-order valence-electron chi connectivity index (χ4n) is 1.69. The van der Waals surface area contributed by atoms with Crippen LogP contribution in [0.25, 0.3) is 0 Å². The van der Waals surface area contributed by atoms with Crippen LogP contribution in [0.2, 0.25) is 0 Å². The Balaban J connectivity index is 1.89. The molecule has 0 aliphatic carbocycles. The zero-order chi connectivity index (χ0) is 13.5. The minimum absolute atomic E-state index is 0.844. The summed E-state index contributed by atoms with van der Waals surface area (Å²) in [5, 5.41) is 3.35. The normalized spacial score (nSPS) is 9.95. The van der Waals surface area contributed by atoms with Gasteiger partial charge in [-0.15, -0.1) is 6.58 Å². The molecular formula is C17H19NO. The molecule has 0 aliphatic heterocycles. The SMILES string of the molecule is C=C(C)CCNc1ccc(Oc2ccccc2)cc1. The van der Waals surface area contributed by atoms with Crippen molar-refractivity contribution in [1.82, 2.24) is 0 Å². The van der Waals surface area contributed by atoms with Crippen molar-refractivity contribution in [3.63, 3.8) is 0 Å². The summed E-state index contributed by atoms with van der Waals surface area (Å²) in [6.07, 6.45) is 0.988. The fraction of sp³-hybridized carbons (Fsp3) is 0.176. The summed E-state index contributed by atoms with van der Waals surface area (Å²) < 4.78 is 5.73. The Morgan fingerprint density at radius 2 is 1.63 bits per heavy atom. The molecule has 2 aromatic rings. The van der Waals surface area contributed by atoms with Crippen molar-refractivity contribution < 1.29 is 4.74 Å². The van der Waals surface area contributed by atoms with E-state index in [2.05, 4.69) is 11.9 Å². The van der Waals surface area contributed by atoms with Gasteiger partial charge in [-0.25, -0.2) is 0 Å². The van der Waals surface area contributed by atoms with Gasteiger partial charge in [0.05, 0.1) is 0 Å². The molecule has 19 heavy (non-hydrogen) atoms. The highest BCUT2D eigenvalue weighted by Gasteiger charge is 1.97. The van der Waals surface area contributed by atoms with Gasteiger partial charge < -0.3 is 10.1 Å². The lowest BCUT2D eigenvalue weighted by Crippen LogP contribution is -2.01. The molecule has 0 atom stereocenters. The predicted molar refractivity (Wildman–Crippen MR) is 80.9 cm³/mol. The first-order valence-corrected chi connectivity index (χ1v) is 6.45. The Labute approximate surface area is 114 Å². The number of para-hydroxylation sites is 1. The van der Waals surface area contributed by atoms with Crippen LogP contribution in [0.4, 0.5) is 5.69 Å². The van der Waals surface area contributed by atoms with Crippen LogP contribution in [0, 0.1) is 0 Å². The second-order valence-corrected chi connectivity index (χ2v) is 4.57. The van der Waals surface area contributed by atoms with Gasteiger partial charge >= 0.3 is 0 Å². The number of hydrogen-bond acceptors (Lipinski definition) is 2. The van der Waals surface area contributed by atoms with Gasteiger partial charge in [-0.05, 0) is 49.7 Å². The van der Waals surface area contributed by atoms with Crippen LogP contribution in [0.15, 0.2) is 66.7 Å². The lowest BCUT2D eigenvalue weighted by molar-refractivity contribution is 0.483. The third-order valence-corrected chi connectivity index (χ3v) is 2.71. The summed E-state index contributed by atoms with van der Waals surface area (Å²) >= 11 is 0. The Hall–Kier alpha value is -2.22. The molecule has 2 rings (SSSR count). The minimum Gasteiger partial charge on any atom is -0.457 e. The van der Waals surface area contributed by atoms with E-state index >= 15 is 0 Å². The maximum atomic E-state index is 5.73. The molecule has 0 bridgehead atoms. The first kappa shape index (κ1) is 13.2. The molecule has 2 aromatic carbocycles. The average Bonchev–Trinajstić information content (AvgIpc) is 2.42. The smallest absolute Gasteiger partial charge is 0.127 e. The molecule has 0 amide bonds. The Kier molecular flexibility index (Phi) is 4.62. The average molecular weight is 253 g/mol. The van der Waals surface area contributed by atoms with Crippen molar-refractivity contribution in [2.24, 2.45) is 0 Å². The lowest BCUT2D eigenvalue weighted by atomic mass is 10.2. The van der Waals surface area contributed by atoms with Gasteiger partial charge in [0, 0.05) is 12.2 Å². The Morgan fingerprint density at radius 3 is 2.26 bits per heavy atom. The molecule has 0 heterocycles. The van der Waals surface area contributed by atoms with E-state index in [1.165, 1.54) is 5.57 Å². The van der Waals surface area contributed by atoms with Gasteiger partial charge in [-0.1, -0.05) is 23.8 Å². The van der Waals surface area contributed by atoms with E-state index in [1.807, 2.05) is 61.5 Å². The molecule has 2 heteroatoms. The molecule has 0 radical (unpaired) electrons. The van der Waals surface area contributed by atoms with E-state index in [0.29, 0.717) is 0 Å². The van der Waals surface area contributed by atoms with Crippen LogP contribution < -0.4 is 10.1 Å². The quantitative estimate of drug-likeness (QED) is 0.742.